The third-order valence-corrected chi connectivity index (χ3v) is 5.35. The lowest BCUT2D eigenvalue weighted by atomic mass is 10.0. The van der Waals surface area contributed by atoms with E-state index >= 15 is 0 Å². The molecule has 19 heavy (non-hydrogen) atoms. The molecule has 1 heterocycles. The molecule has 102 valence electrons. The molecule has 1 atom stereocenters. The molecular weight excluding hydrogens is 272 g/mol. The largest absolute Gasteiger partial charge is 0.312 e. The Morgan fingerprint density at radius 1 is 1.32 bits per heavy atom. The maximum Gasteiger partial charge on any atom is 0.150 e. The van der Waals surface area contributed by atoms with Crippen LogP contribution in [0.15, 0.2) is 27.9 Å². The van der Waals surface area contributed by atoms with E-state index in [0.717, 1.165) is 15.8 Å². The second-order valence-corrected chi connectivity index (χ2v) is 6.89. The molecule has 0 aliphatic heterocycles. The minimum atomic E-state index is 0.370. The van der Waals surface area contributed by atoms with Crippen LogP contribution in [0.1, 0.15) is 28.4 Å². The molecule has 2 aromatic rings. The summed E-state index contributed by atoms with van der Waals surface area (Å²) in [6.45, 7) is 6.36. The normalized spacial score (nSPS) is 12.6. The van der Waals surface area contributed by atoms with Gasteiger partial charge in [-0.25, -0.2) is 4.98 Å². The standard InChI is InChI=1S/C15H20N2S2/c1-10-5-6-13(11(2)7-10)14(16-4)9-19-15-17-12(3)8-18-15/h5-8,14,16H,9H2,1-4H3. The minimum absolute atomic E-state index is 0.370. The second-order valence-electron chi connectivity index (χ2n) is 4.77. The second kappa shape index (κ2) is 6.55. The first-order valence-electron chi connectivity index (χ1n) is 6.39. The van der Waals surface area contributed by atoms with Crippen LogP contribution >= 0.6 is 23.1 Å². The van der Waals surface area contributed by atoms with Crippen LogP contribution in [-0.4, -0.2) is 17.8 Å². The average Bonchev–Trinajstić information content (AvgIpc) is 2.78. The number of aryl methyl sites for hydroxylation is 3. The van der Waals surface area contributed by atoms with E-state index in [-0.39, 0.29) is 0 Å². The van der Waals surface area contributed by atoms with Crippen LogP contribution in [0.25, 0.3) is 0 Å². The molecule has 0 radical (unpaired) electrons. The summed E-state index contributed by atoms with van der Waals surface area (Å²) in [5, 5.41) is 5.52. The number of nitrogens with one attached hydrogen (secondary N) is 1. The van der Waals surface area contributed by atoms with Gasteiger partial charge in [-0.15, -0.1) is 11.3 Å². The molecule has 0 amide bonds. The Balaban J connectivity index is 2.07. The molecule has 1 aromatic carbocycles. The third-order valence-electron chi connectivity index (χ3n) is 3.12. The van der Waals surface area contributed by atoms with Gasteiger partial charge in [-0.1, -0.05) is 35.5 Å². The van der Waals surface area contributed by atoms with E-state index in [1.54, 1.807) is 11.3 Å². The number of benzene rings is 1. The number of aromatic nitrogens is 1. The van der Waals surface area contributed by atoms with Gasteiger partial charge in [-0.05, 0) is 38.9 Å². The highest BCUT2D eigenvalue weighted by Gasteiger charge is 2.13. The number of hydrogen-bond acceptors (Lipinski definition) is 4. The topological polar surface area (TPSA) is 24.9 Å². The van der Waals surface area contributed by atoms with Crippen LogP contribution < -0.4 is 5.32 Å². The maximum atomic E-state index is 4.50. The van der Waals surface area contributed by atoms with E-state index in [4.69, 9.17) is 0 Å². The molecule has 0 saturated carbocycles. The van der Waals surface area contributed by atoms with Gasteiger partial charge in [0.2, 0.25) is 0 Å². The summed E-state index contributed by atoms with van der Waals surface area (Å²) < 4.78 is 1.16. The zero-order valence-corrected chi connectivity index (χ0v) is 13.5. The molecule has 0 spiro atoms. The zero-order valence-electron chi connectivity index (χ0n) is 11.9. The van der Waals surface area contributed by atoms with E-state index in [2.05, 4.69) is 47.7 Å². The van der Waals surface area contributed by atoms with E-state index in [1.165, 1.54) is 16.7 Å². The molecule has 2 rings (SSSR count). The van der Waals surface area contributed by atoms with Crippen LogP contribution in [0, 0.1) is 20.8 Å². The maximum absolute atomic E-state index is 4.50. The summed E-state index contributed by atoms with van der Waals surface area (Å²) in [5.74, 6) is 1.01. The van der Waals surface area contributed by atoms with E-state index in [1.807, 2.05) is 25.7 Å². The number of thiazole rings is 1. The molecular formula is C15H20N2S2. The summed E-state index contributed by atoms with van der Waals surface area (Å²) in [6, 6.07) is 7.04. The fourth-order valence-corrected chi connectivity index (χ4v) is 4.10. The van der Waals surface area contributed by atoms with Gasteiger partial charge >= 0.3 is 0 Å². The first kappa shape index (κ1) is 14.6. The molecule has 0 aliphatic carbocycles. The highest BCUT2D eigenvalue weighted by atomic mass is 32.2. The van der Waals surface area contributed by atoms with Crippen molar-refractivity contribution in [3.8, 4) is 0 Å². The Kier molecular flexibility index (Phi) is 5.02. The van der Waals surface area contributed by atoms with Gasteiger partial charge in [0.25, 0.3) is 0 Å². The van der Waals surface area contributed by atoms with Gasteiger partial charge in [0.05, 0.1) is 0 Å². The van der Waals surface area contributed by atoms with Crippen molar-refractivity contribution in [2.75, 3.05) is 12.8 Å². The molecule has 2 nitrogen and oxygen atoms in total. The highest BCUT2D eigenvalue weighted by molar-refractivity contribution is 8.01. The van der Waals surface area contributed by atoms with E-state index < -0.39 is 0 Å². The van der Waals surface area contributed by atoms with Crippen molar-refractivity contribution in [3.63, 3.8) is 0 Å². The SMILES string of the molecule is CNC(CSc1nc(C)cs1)c1ccc(C)cc1C. The van der Waals surface area contributed by atoms with Gasteiger partial charge in [-0.2, -0.15) is 0 Å². The lowest BCUT2D eigenvalue weighted by molar-refractivity contribution is 0.657. The van der Waals surface area contributed by atoms with Crippen molar-refractivity contribution >= 4 is 23.1 Å². The molecule has 0 fully saturated rings. The van der Waals surface area contributed by atoms with Gasteiger partial charge in [-0.3, -0.25) is 0 Å². The molecule has 0 bridgehead atoms. The zero-order chi connectivity index (χ0) is 13.8. The Morgan fingerprint density at radius 3 is 2.68 bits per heavy atom. The Labute approximate surface area is 123 Å². The van der Waals surface area contributed by atoms with Crippen LogP contribution in [-0.2, 0) is 0 Å². The van der Waals surface area contributed by atoms with E-state index in [9.17, 15) is 0 Å². The lowest BCUT2D eigenvalue weighted by Gasteiger charge is -2.18. The van der Waals surface area contributed by atoms with Crippen LogP contribution in [0.2, 0.25) is 0 Å². The fourth-order valence-electron chi connectivity index (χ4n) is 2.10. The van der Waals surface area contributed by atoms with Crippen LogP contribution in [0.5, 0.6) is 0 Å². The number of rotatable bonds is 5. The third kappa shape index (κ3) is 3.81. The van der Waals surface area contributed by atoms with Crippen molar-refractivity contribution < 1.29 is 0 Å². The summed E-state index contributed by atoms with van der Waals surface area (Å²) in [4.78, 5) is 4.50. The van der Waals surface area contributed by atoms with Crippen molar-refractivity contribution in [2.45, 2.75) is 31.2 Å². The first-order chi connectivity index (χ1) is 9.10. The minimum Gasteiger partial charge on any atom is -0.312 e. The monoisotopic (exact) mass is 292 g/mol. The first-order valence-corrected chi connectivity index (χ1v) is 8.26. The Hall–Kier alpha value is -0.840. The smallest absolute Gasteiger partial charge is 0.150 e. The van der Waals surface area contributed by atoms with Gasteiger partial charge < -0.3 is 5.32 Å². The van der Waals surface area contributed by atoms with Crippen molar-refractivity contribution in [1.29, 1.82) is 0 Å². The number of thioether (sulfide) groups is 1. The molecule has 0 saturated heterocycles. The summed E-state index contributed by atoms with van der Waals surface area (Å²) in [5.41, 5.74) is 5.17. The van der Waals surface area contributed by atoms with Crippen LogP contribution in [0.4, 0.5) is 0 Å². The Bertz CT molecular complexity index is 549. The predicted molar refractivity (Wildman–Crippen MR) is 85.3 cm³/mol. The molecule has 1 N–H and O–H groups in total. The van der Waals surface area contributed by atoms with Gasteiger partial charge in [0.15, 0.2) is 0 Å². The van der Waals surface area contributed by atoms with Gasteiger partial charge in [0.1, 0.15) is 4.34 Å². The van der Waals surface area contributed by atoms with Gasteiger partial charge in [0, 0.05) is 22.9 Å². The lowest BCUT2D eigenvalue weighted by Crippen LogP contribution is -2.19. The fraction of sp³-hybridized carbons (Fsp3) is 0.400. The summed E-state index contributed by atoms with van der Waals surface area (Å²) >= 11 is 3.55. The molecule has 0 aliphatic rings. The summed E-state index contributed by atoms with van der Waals surface area (Å²) in [7, 11) is 2.03. The molecule has 4 heteroatoms. The predicted octanol–water partition coefficient (Wildman–Crippen LogP) is 4.12. The molecule has 1 aromatic heterocycles. The highest BCUT2D eigenvalue weighted by Crippen LogP contribution is 2.28. The molecule has 1 unspecified atom stereocenters. The summed E-state index contributed by atoms with van der Waals surface area (Å²) in [6.07, 6.45) is 0. The van der Waals surface area contributed by atoms with Crippen molar-refractivity contribution in [3.05, 3.63) is 46.0 Å². The van der Waals surface area contributed by atoms with Crippen molar-refractivity contribution in [2.24, 2.45) is 0 Å². The van der Waals surface area contributed by atoms with Crippen LogP contribution in [0.3, 0.4) is 0 Å². The van der Waals surface area contributed by atoms with Crippen molar-refractivity contribution in [1.82, 2.24) is 10.3 Å². The van der Waals surface area contributed by atoms with E-state index in [0.29, 0.717) is 6.04 Å². The quantitative estimate of drug-likeness (QED) is 0.839. The number of hydrogen-bond donors (Lipinski definition) is 1. The Morgan fingerprint density at radius 2 is 2.11 bits per heavy atom. The number of nitrogens with zero attached hydrogens (tertiary/aromatic N) is 1. The average molecular weight is 292 g/mol.